The maximum atomic E-state index is 6.15. The monoisotopic (exact) mass is 359 g/mol. The fraction of sp³-hybridized carbons (Fsp3) is 0.385. The fourth-order valence-corrected chi connectivity index (χ4v) is 3.15. The summed E-state index contributed by atoms with van der Waals surface area (Å²) in [4.78, 5) is 10.1. The molecular formula is C13H15BrClN3S. The van der Waals surface area contributed by atoms with Gasteiger partial charge in [0.05, 0.1) is 10.3 Å². The topological polar surface area (TPSA) is 37.8 Å². The average molecular weight is 361 g/mol. The van der Waals surface area contributed by atoms with Crippen LogP contribution in [0.3, 0.4) is 0 Å². The van der Waals surface area contributed by atoms with Crippen LogP contribution in [-0.4, -0.2) is 9.97 Å². The van der Waals surface area contributed by atoms with E-state index < -0.39 is 0 Å². The third-order valence-electron chi connectivity index (χ3n) is 2.68. The molecule has 3 nitrogen and oxygen atoms in total. The van der Waals surface area contributed by atoms with E-state index in [0.717, 1.165) is 27.5 Å². The Bertz CT molecular complexity index is 583. The molecule has 0 aliphatic heterocycles. The molecule has 1 N–H and O–H groups in total. The third-order valence-corrected chi connectivity index (χ3v) is 4.67. The Labute approximate surface area is 130 Å². The van der Waals surface area contributed by atoms with Crippen LogP contribution in [-0.2, 0) is 6.54 Å². The molecule has 0 fully saturated rings. The molecule has 2 rings (SSSR count). The molecule has 0 aliphatic carbocycles. The van der Waals surface area contributed by atoms with Gasteiger partial charge >= 0.3 is 0 Å². The zero-order valence-electron chi connectivity index (χ0n) is 11.0. The highest BCUT2D eigenvalue weighted by Crippen LogP contribution is 2.25. The Balaban J connectivity index is 2.19. The molecule has 102 valence electrons. The summed E-state index contributed by atoms with van der Waals surface area (Å²) in [6, 6.07) is 4.13. The van der Waals surface area contributed by atoms with Gasteiger partial charge in [0, 0.05) is 16.4 Å². The quantitative estimate of drug-likeness (QED) is 0.780. The summed E-state index contributed by atoms with van der Waals surface area (Å²) in [5, 5.41) is 3.85. The Hall–Kier alpha value is -0.650. The molecule has 19 heavy (non-hydrogen) atoms. The summed E-state index contributed by atoms with van der Waals surface area (Å²) in [5.74, 6) is 1.84. The van der Waals surface area contributed by atoms with Gasteiger partial charge in [-0.1, -0.05) is 25.4 Å². The molecule has 6 heteroatoms. The molecule has 0 atom stereocenters. The summed E-state index contributed by atoms with van der Waals surface area (Å²) in [6.45, 7) is 6.78. The van der Waals surface area contributed by atoms with E-state index in [9.17, 15) is 0 Å². The van der Waals surface area contributed by atoms with Crippen molar-refractivity contribution in [3.8, 4) is 0 Å². The van der Waals surface area contributed by atoms with Gasteiger partial charge in [-0.3, -0.25) is 0 Å². The predicted octanol–water partition coefficient (Wildman–Crippen LogP) is 5.00. The summed E-state index contributed by atoms with van der Waals surface area (Å²) < 4.78 is 1.13. The molecule has 0 bridgehead atoms. The van der Waals surface area contributed by atoms with Crippen molar-refractivity contribution in [3.05, 3.63) is 37.3 Å². The van der Waals surface area contributed by atoms with Crippen molar-refractivity contribution in [2.45, 2.75) is 33.2 Å². The molecule has 0 amide bonds. The number of rotatable bonds is 4. The minimum atomic E-state index is 0.259. The number of nitrogens with one attached hydrogen (secondary N) is 1. The summed E-state index contributed by atoms with van der Waals surface area (Å²) in [5.41, 5.74) is 0.890. The van der Waals surface area contributed by atoms with Crippen molar-refractivity contribution in [2.24, 2.45) is 0 Å². The smallest absolute Gasteiger partial charge is 0.137 e. The fourth-order valence-electron chi connectivity index (χ4n) is 1.55. The van der Waals surface area contributed by atoms with Crippen LogP contribution in [0.1, 0.15) is 36.0 Å². The standard InChI is InChI=1S/C13H15BrClN3S/c1-7(2)12-17-11(15)8(3)13(18-12)16-6-9-4-5-10(14)19-9/h4-5,7H,6H2,1-3H3,(H,16,17,18). The van der Waals surface area contributed by atoms with Crippen LogP contribution in [0.5, 0.6) is 0 Å². The first-order valence-corrected chi connectivity index (χ1v) is 7.98. The maximum absolute atomic E-state index is 6.15. The van der Waals surface area contributed by atoms with Crippen molar-refractivity contribution in [1.82, 2.24) is 9.97 Å². The number of hydrogen-bond acceptors (Lipinski definition) is 4. The summed E-state index contributed by atoms with van der Waals surface area (Å²) in [6.07, 6.45) is 0. The van der Waals surface area contributed by atoms with Crippen molar-refractivity contribution >= 4 is 44.7 Å². The lowest BCUT2D eigenvalue weighted by Crippen LogP contribution is -2.07. The Kier molecular flexibility index (Phi) is 4.81. The van der Waals surface area contributed by atoms with Crippen LogP contribution in [0, 0.1) is 6.92 Å². The zero-order chi connectivity index (χ0) is 14.0. The third kappa shape index (κ3) is 3.68. The number of hydrogen-bond donors (Lipinski definition) is 1. The Morgan fingerprint density at radius 3 is 2.68 bits per heavy atom. The number of halogens is 2. The second-order valence-electron chi connectivity index (χ2n) is 4.56. The minimum Gasteiger partial charge on any atom is -0.365 e. The molecule has 2 heterocycles. The van der Waals surface area contributed by atoms with Gasteiger partial charge in [0.1, 0.15) is 16.8 Å². The van der Waals surface area contributed by atoms with Gasteiger partial charge in [0.15, 0.2) is 0 Å². The zero-order valence-corrected chi connectivity index (χ0v) is 14.2. The normalized spacial score (nSPS) is 11.1. The van der Waals surface area contributed by atoms with Crippen LogP contribution in [0.4, 0.5) is 5.82 Å². The van der Waals surface area contributed by atoms with Gasteiger partial charge in [0.2, 0.25) is 0 Å². The number of anilines is 1. The van der Waals surface area contributed by atoms with Crippen LogP contribution >= 0.6 is 38.9 Å². The van der Waals surface area contributed by atoms with E-state index in [1.54, 1.807) is 11.3 Å². The van der Waals surface area contributed by atoms with Crippen LogP contribution < -0.4 is 5.32 Å². The van der Waals surface area contributed by atoms with Gasteiger partial charge in [0.25, 0.3) is 0 Å². The molecule has 0 saturated heterocycles. The highest BCUT2D eigenvalue weighted by Gasteiger charge is 2.11. The lowest BCUT2D eigenvalue weighted by molar-refractivity contribution is 0.771. The minimum absolute atomic E-state index is 0.259. The average Bonchev–Trinajstić information content (AvgIpc) is 2.76. The summed E-state index contributed by atoms with van der Waals surface area (Å²) in [7, 11) is 0. The van der Waals surface area contributed by atoms with E-state index in [0.29, 0.717) is 5.15 Å². The molecule has 0 radical (unpaired) electrons. The number of nitrogens with zero attached hydrogens (tertiary/aromatic N) is 2. The molecule has 0 saturated carbocycles. The second kappa shape index (κ2) is 6.20. The predicted molar refractivity (Wildman–Crippen MR) is 85.2 cm³/mol. The van der Waals surface area contributed by atoms with Gasteiger partial charge in [-0.25, -0.2) is 9.97 Å². The van der Waals surface area contributed by atoms with Gasteiger partial charge < -0.3 is 5.32 Å². The van der Waals surface area contributed by atoms with Crippen LogP contribution in [0.25, 0.3) is 0 Å². The first-order chi connectivity index (χ1) is 8.97. The van der Waals surface area contributed by atoms with Gasteiger partial charge in [-0.15, -0.1) is 11.3 Å². The lowest BCUT2D eigenvalue weighted by Gasteiger charge is -2.12. The molecule has 0 unspecified atom stereocenters. The van der Waals surface area contributed by atoms with Crippen LogP contribution in [0.15, 0.2) is 15.9 Å². The second-order valence-corrected chi connectivity index (χ2v) is 7.47. The van der Waals surface area contributed by atoms with Crippen molar-refractivity contribution in [2.75, 3.05) is 5.32 Å². The number of thiophene rings is 1. The largest absolute Gasteiger partial charge is 0.365 e. The first kappa shape index (κ1) is 14.8. The Morgan fingerprint density at radius 1 is 1.37 bits per heavy atom. The van der Waals surface area contributed by atoms with Crippen molar-refractivity contribution < 1.29 is 0 Å². The Morgan fingerprint density at radius 2 is 2.11 bits per heavy atom. The highest BCUT2D eigenvalue weighted by molar-refractivity contribution is 9.11. The van der Waals surface area contributed by atoms with Crippen molar-refractivity contribution in [1.29, 1.82) is 0 Å². The molecule has 0 spiro atoms. The first-order valence-electron chi connectivity index (χ1n) is 5.99. The maximum Gasteiger partial charge on any atom is 0.137 e. The molecule has 2 aromatic rings. The van der Waals surface area contributed by atoms with Gasteiger partial charge in [-0.05, 0) is 35.0 Å². The van der Waals surface area contributed by atoms with Gasteiger partial charge in [-0.2, -0.15) is 0 Å². The molecular weight excluding hydrogens is 346 g/mol. The van der Waals surface area contributed by atoms with Crippen LogP contribution in [0.2, 0.25) is 5.15 Å². The van der Waals surface area contributed by atoms with E-state index in [1.165, 1.54) is 4.88 Å². The molecule has 0 aromatic carbocycles. The lowest BCUT2D eigenvalue weighted by atomic mass is 10.2. The SMILES string of the molecule is Cc1c(Cl)nc(C(C)C)nc1NCc1ccc(Br)s1. The summed E-state index contributed by atoms with van der Waals surface area (Å²) >= 11 is 11.3. The molecule has 2 aromatic heterocycles. The number of aromatic nitrogens is 2. The van der Waals surface area contributed by atoms with E-state index in [-0.39, 0.29) is 5.92 Å². The van der Waals surface area contributed by atoms with E-state index >= 15 is 0 Å². The van der Waals surface area contributed by atoms with E-state index in [1.807, 2.05) is 13.0 Å². The van der Waals surface area contributed by atoms with E-state index in [2.05, 4.69) is 51.1 Å². The van der Waals surface area contributed by atoms with Crippen molar-refractivity contribution in [3.63, 3.8) is 0 Å². The molecule has 0 aliphatic rings. The van der Waals surface area contributed by atoms with E-state index in [4.69, 9.17) is 11.6 Å². The highest BCUT2D eigenvalue weighted by atomic mass is 79.9.